The van der Waals surface area contributed by atoms with E-state index in [1.807, 2.05) is 6.26 Å². The van der Waals surface area contributed by atoms with E-state index >= 15 is 0 Å². The van der Waals surface area contributed by atoms with Crippen molar-refractivity contribution in [2.45, 2.75) is 32.6 Å². The Morgan fingerprint density at radius 2 is 2.00 bits per heavy atom. The highest BCUT2D eigenvalue weighted by atomic mass is 16.5. The molecule has 0 aliphatic carbocycles. The average Bonchev–Trinajstić information content (AvgIpc) is 2.09. The average molecular weight is 185 g/mol. The molecule has 0 heterocycles. The molecule has 0 aromatic carbocycles. The summed E-state index contributed by atoms with van der Waals surface area (Å²) in [5.41, 5.74) is 0. The van der Waals surface area contributed by atoms with E-state index in [0.29, 0.717) is 0 Å². The molecule has 78 valence electrons. The molecule has 0 radical (unpaired) electrons. The molecule has 0 rings (SSSR count). The molecule has 0 bridgehead atoms. The molecule has 0 atom stereocenters. The quantitative estimate of drug-likeness (QED) is 0.426. The molecule has 0 aromatic rings. The van der Waals surface area contributed by atoms with Gasteiger partial charge in [-0.25, -0.2) is 0 Å². The first kappa shape index (κ1) is 12.5. The van der Waals surface area contributed by atoms with E-state index in [0.717, 1.165) is 19.6 Å². The Morgan fingerprint density at radius 1 is 1.23 bits per heavy atom. The summed E-state index contributed by atoms with van der Waals surface area (Å²) in [5, 5.41) is 0. The Hall–Kier alpha value is -0.500. The molecule has 0 aliphatic rings. The van der Waals surface area contributed by atoms with Crippen LogP contribution in [0, 0.1) is 0 Å². The molecule has 0 saturated heterocycles. The lowest BCUT2D eigenvalue weighted by atomic mass is 10.3. The summed E-state index contributed by atoms with van der Waals surface area (Å²) >= 11 is 0. The molecule has 2 heteroatoms. The monoisotopic (exact) mass is 185 g/mol. The SMILES string of the molecule is CCCCCO/C=C/CCN(C)C. The third-order valence-electron chi connectivity index (χ3n) is 1.80. The van der Waals surface area contributed by atoms with Gasteiger partial charge in [-0.2, -0.15) is 0 Å². The smallest absolute Gasteiger partial charge is 0.0873 e. The van der Waals surface area contributed by atoms with Crippen LogP contribution in [-0.2, 0) is 4.74 Å². The highest BCUT2D eigenvalue weighted by Gasteiger charge is 1.86. The standard InChI is InChI=1S/C11H23NO/c1-4-5-7-10-13-11-8-6-9-12(2)3/h8,11H,4-7,9-10H2,1-3H3/b11-8+. The Balaban J connectivity index is 3.03. The van der Waals surface area contributed by atoms with Crippen LogP contribution in [0.4, 0.5) is 0 Å². The van der Waals surface area contributed by atoms with E-state index in [-0.39, 0.29) is 0 Å². The normalized spacial score (nSPS) is 11.4. The van der Waals surface area contributed by atoms with Crippen LogP contribution >= 0.6 is 0 Å². The molecular formula is C11H23NO. The second-order valence-corrected chi connectivity index (χ2v) is 3.54. The van der Waals surface area contributed by atoms with Crippen molar-refractivity contribution in [2.24, 2.45) is 0 Å². The minimum absolute atomic E-state index is 0.867. The third kappa shape index (κ3) is 11.5. The summed E-state index contributed by atoms with van der Waals surface area (Å²) in [4.78, 5) is 2.17. The maximum atomic E-state index is 5.32. The number of unbranched alkanes of at least 4 members (excludes halogenated alkanes) is 2. The largest absolute Gasteiger partial charge is 0.502 e. The van der Waals surface area contributed by atoms with Crippen molar-refractivity contribution < 1.29 is 4.74 Å². The summed E-state index contributed by atoms with van der Waals surface area (Å²) in [7, 11) is 4.16. The molecule has 0 amide bonds. The number of ether oxygens (including phenoxy) is 1. The number of nitrogens with zero attached hydrogens (tertiary/aromatic N) is 1. The Kier molecular flexibility index (Phi) is 9.22. The van der Waals surface area contributed by atoms with Crippen molar-refractivity contribution >= 4 is 0 Å². The van der Waals surface area contributed by atoms with Gasteiger partial charge < -0.3 is 9.64 Å². The van der Waals surface area contributed by atoms with Gasteiger partial charge in [0.15, 0.2) is 0 Å². The number of hydrogen-bond donors (Lipinski definition) is 0. The van der Waals surface area contributed by atoms with Crippen LogP contribution in [0.2, 0.25) is 0 Å². The summed E-state index contributed by atoms with van der Waals surface area (Å²) in [6, 6.07) is 0. The molecule has 0 spiro atoms. The first-order chi connectivity index (χ1) is 6.27. The van der Waals surface area contributed by atoms with Gasteiger partial charge in [-0.3, -0.25) is 0 Å². The molecule has 0 aromatic heterocycles. The lowest BCUT2D eigenvalue weighted by Gasteiger charge is -2.05. The van der Waals surface area contributed by atoms with Gasteiger partial charge in [0.2, 0.25) is 0 Å². The van der Waals surface area contributed by atoms with Crippen LogP contribution in [0.3, 0.4) is 0 Å². The lowest BCUT2D eigenvalue weighted by molar-refractivity contribution is 0.240. The van der Waals surface area contributed by atoms with Crippen LogP contribution in [0.1, 0.15) is 32.6 Å². The first-order valence-electron chi connectivity index (χ1n) is 5.18. The Labute approximate surface area is 82.6 Å². The predicted molar refractivity (Wildman–Crippen MR) is 57.8 cm³/mol. The molecular weight excluding hydrogens is 162 g/mol. The zero-order valence-corrected chi connectivity index (χ0v) is 9.25. The molecule has 2 nitrogen and oxygen atoms in total. The summed E-state index contributed by atoms with van der Waals surface area (Å²) in [6.45, 7) is 4.16. The molecule has 0 unspecified atom stereocenters. The highest BCUT2D eigenvalue weighted by Crippen LogP contribution is 1.94. The molecule has 0 saturated carbocycles. The summed E-state index contributed by atoms with van der Waals surface area (Å²) in [5.74, 6) is 0. The maximum absolute atomic E-state index is 5.32. The van der Waals surface area contributed by atoms with E-state index in [1.54, 1.807) is 0 Å². The highest BCUT2D eigenvalue weighted by molar-refractivity contribution is 4.74. The minimum atomic E-state index is 0.867. The van der Waals surface area contributed by atoms with Crippen LogP contribution < -0.4 is 0 Å². The van der Waals surface area contributed by atoms with Gasteiger partial charge >= 0.3 is 0 Å². The van der Waals surface area contributed by atoms with E-state index < -0.39 is 0 Å². The molecule has 0 fully saturated rings. The Morgan fingerprint density at radius 3 is 2.62 bits per heavy atom. The van der Waals surface area contributed by atoms with Crippen LogP contribution in [0.5, 0.6) is 0 Å². The number of hydrogen-bond acceptors (Lipinski definition) is 2. The second kappa shape index (κ2) is 9.59. The van der Waals surface area contributed by atoms with Crippen LogP contribution in [0.25, 0.3) is 0 Å². The van der Waals surface area contributed by atoms with Crippen molar-refractivity contribution in [1.82, 2.24) is 4.90 Å². The fourth-order valence-electron chi connectivity index (χ4n) is 0.972. The van der Waals surface area contributed by atoms with Crippen molar-refractivity contribution in [3.05, 3.63) is 12.3 Å². The second-order valence-electron chi connectivity index (χ2n) is 3.54. The van der Waals surface area contributed by atoms with Crippen molar-refractivity contribution in [3.8, 4) is 0 Å². The van der Waals surface area contributed by atoms with E-state index in [2.05, 4.69) is 32.0 Å². The van der Waals surface area contributed by atoms with Gasteiger partial charge in [0.1, 0.15) is 0 Å². The van der Waals surface area contributed by atoms with E-state index in [9.17, 15) is 0 Å². The van der Waals surface area contributed by atoms with Crippen LogP contribution in [-0.4, -0.2) is 32.1 Å². The Bertz CT molecular complexity index is 121. The fourth-order valence-corrected chi connectivity index (χ4v) is 0.972. The van der Waals surface area contributed by atoms with Gasteiger partial charge in [0.05, 0.1) is 12.9 Å². The number of rotatable bonds is 8. The lowest BCUT2D eigenvalue weighted by Crippen LogP contribution is -2.11. The molecule has 0 N–H and O–H groups in total. The zero-order chi connectivity index (χ0) is 9.94. The van der Waals surface area contributed by atoms with Gasteiger partial charge in [0.25, 0.3) is 0 Å². The van der Waals surface area contributed by atoms with Crippen molar-refractivity contribution in [1.29, 1.82) is 0 Å². The molecule has 13 heavy (non-hydrogen) atoms. The van der Waals surface area contributed by atoms with Gasteiger partial charge in [-0.05, 0) is 33.0 Å². The summed E-state index contributed by atoms with van der Waals surface area (Å²) < 4.78 is 5.32. The summed E-state index contributed by atoms with van der Waals surface area (Å²) in [6.07, 6.45) is 8.69. The third-order valence-corrected chi connectivity index (χ3v) is 1.80. The van der Waals surface area contributed by atoms with Crippen molar-refractivity contribution in [2.75, 3.05) is 27.2 Å². The van der Waals surface area contributed by atoms with Crippen molar-refractivity contribution in [3.63, 3.8) is 0 Å². The van der Waals surface area contributed by atoms with E-state index in [1.165, 1.54) is 19.3 Å². The fraction of sp³-hybridized carbons (Fsp3) is 0.818. The van der Waals surface area contributed by atoms with Crippen LogP contribution in [0.15, 0.2) is 12.3 Å². The molecule has 0 aliphatic heterocycles. The van der Waals surface area contributed by atoms with Gasteiger partial charge in [-0.1, -0.05) is 19.8 Å². The predicted octanol–water partition coefficient (Wildman–Crippen LogP) is 2.66. The zero-order valence-electron chi connectivity index (χ0n) is 9.25. The topological polar surface area (TPSA) is 12.5 Å². The van der Waals surface area contributed by atoms with E-state index in [4.69, 9.17) is 4.74 Å². The minimum Gasteiger partial charge on any atom is -0.502 e. The van der Waals surface area contributed by atoms with Gasteiger partial charge in [-0.15, -0.1) is 0 Å². The first-order valence-corrected chi connectivity index (χ1v) is 5.18. The van der Waals surface area contributed by atoms with Gasteiger partial charge in [0, 0.05) is 6.54 Å². The maximum Gasteiger partial charge on any atom is 0.0873 e.